The van der Waals surface area contributed by atoms with E-state index >= 15 is 0 Å². The molecular formula is C22H23N5O3. The molecule has 0 bridgehead atoms. The first-order valence-electron chi connectivity index (χ1n) is 9.40. The van der Waals surface area contributed by atoms with Crippen LogP contribution in [-0.4, -0.2) is 44.2 Å². The molecule has 0 saturated carbocycles. The number of carboxylic acids is 1. The molecule has 0 unspecified atom stereocenters. The van der Waals surface area contributed by atoms with Gasteiger partial charge in [0.25, 0.3) is 0 Å². The van der Waals surface area contributed by atoms with Gasteiger partial charge in [0.1, 0.15) is 11.4 Å². The van der Waals surface area contributed by atoms with Crippen LogP contribution in [0.25, 0.3) is 22.0 Å². The molecule has 0 amide bonds. The summed E-state index contributed by atoms with van der Waals surface area (Å²) in [6.07, 6.45) is 9.89. The molecule has 3 heterocycles. The summed E-state index contributed by atoms with van der Waals surface area (Å²) in [6.45, 7) is 1.73. The number of carbonyl (C=O) groups is 1. The molecule has 154 valence electrons. The first-order valence-corrected chi connectivity index (χ1v) is 9.40. The molecule has 0 fully saturated rings. The molecule has 0 aliphatic heterocycles. The van der Waals surface area contributed by atoms with Crippen LogP contribution in [0.5, 0.6) is 5.75 Å². The van der Waals surface area contributed by atoms with E-state index in [0.717, 1.165) is 41.8 Å². The number of pyridine rings is 2. The Morgan fingerprint density at radius 3 is 2.57 bits per heavy atom. The minimum Gasteiger partial charge on any atom is -0.497 e. The molecule has 30 heavy (non-hydrogen) atoms. The van der Waals surface area contributed by atoms with Gasteiger partial charge in [0.05, 0.1) is 19.0 Å². The minimum absolute atomic E-state index is 0.0171. The average molecular weight is 405 g/mol. The fourth-order valence-corrected chi connectivity index (χ4v) is 2.84. The van der Waals surface area contributed by atoms with Gasteiger partial charge in [0.15, 0.2) is 0 Å². The van der Waals surface area contributed by atoms with Crippen LogP contribution in [0.2, 0.25) is 0 Å². The third-order valence-electron chi connectivity index (χ3n) is 4.40. The summed E-state index contributed by atoms with van der Waals surface area (Å²) in [5, 5.41) is 9.88. The molecule has 4 rings (SSSR count). The Hall–Kier alpha value is -3.78. The summed E-state index contributed by atoms with van der Waals surface area (Å²) in [7, 11) is 1.61. The topological polar surface area (TPSA) is 116 Å². The lowest BCUT2D eigenvalue weighted by molar-refractivity contribution is 0.0691. The predicted molar refractivity (Wildman–Crippen MR) is 114 cm³/mol. The minimum atomic E-state index is -1.05. The quantitative estimate of drug-likeness (QED) is 0.506. The second kappa shape index (κ2) is 10.1. The number of methoxy groups -OCH3 is 1. The highest BCUT2D eigenvalue weighted by Crippen LogP contribution is 2.27. The number of rotatable bonds is 6. The van der Waals surface area contributed by atoms with Crippen LogP contribution in [0, 0.1) is 0 Å². The molecule has 3 aromatic heterocycles. The van der Waals surface area contributed by atoms with Crippen LogP contribution in [0.3, 0.4) is 0 Å². The van der Waals surface area contributed by atoms with Gasteiger partial charge >= 0.3 is 5.97 Å². The zero-order chi connectivity index (χ0) is 21.3. The van der Waals surface area contributed by atoms with Crippen LogP contribution >= 0.6 is 0 Å². The van der Waals surface area contributed by atoms with Gasteiger partial charge in [-0.05, 0) is 42.8 Å². The molecular weight excluding hydrogens is 382 g/mol. The second-order valence-corrected chi connectivity index (χ2v) is 6.43. The van der Waals surface area contributed by atoms with E-state index in [2.05, 4.69) is 15.0 Å². The highest BCUT2D eigenvalue weighted by molar-refractivity contribution is 5.96. The van der Waals surface area contributed by atoms with Gasteiger partial charge in [-0.3, -0.25) is 4.98 Å². The van der Waals surface area contributed by atoms with Crippen LogP contribution in [-0.2, 0) is 6.54 Å². The average Bonchev–Trinajstić information content (AvgIpc) is 3.31. The van der Waals surface area contributed by atoms with Crippen molar-refractivity contribution in [3.05, 3.63) is 73.2 Å². The maximum absolute atomic E-state index is 11.1. The van der Waals surface area contributed by atoms with Crippen molar-refractivity contribution in [2.45, 2.75) is 13.0 Å². The van der Waals surface area contributed by atoms with Crippen LogP contribution in [0.4, 0.5) is 0 Å². The summed E-state index contributed by atoms with van der Waals surface area (Å²) < 4.78 is 7.15. The predicted octanol–water partition coefficient (Wildman–Crippen LogP) is 3.24. The Morgan fingerprint density at radius 2 is 1.93 bits per heavy atom. The van der Waals surface area contributed by atoms with E-state index in [1.54, 1.807) is 38.1 Å². The van der Waals surface area contributed by atoms with Gasteiger partial charge in [0, 0.05) is 42.3 Å². The molecule has 0 atom stereocenters. The molecule has 4 aromatic rings. The first-order chi connectivity index (χ1) is 14.6. The molecule has 0 radical (unpaired) electrons. The molecule has 1 aromatic carbocycles. The largest absolute Gasteiger partial charge is 0.497 e. The number of hydrogen-bond acceptors (Lipinski definition) is 6. The van der Waals surface area contributed by atoms with E-state index < -0.39 is 5.97 Å². The van der Waals surface area contributed by atoms with Gasteiger partial charge in [-0.2, -0.15) is 0 Å². The normalized spacial score (nSPS) is 10.3. The van der Waals surface area contributed by atoms with E-state index in [4.69, 9.17) is 15.6 Å². The Balaban J connectivity index is 0.000000239. The van der Waals surface area contributed by atoms with Crippen molar-refractivity contribution in [3.8, 4) is 16.9 Å². The second-order valence-electron chi connectivity index (χ2n) is 6.43. The lowest BCUT2D eigenvalue weighted by Crippen LogP contribution is -2.03. The van der Waals surface area contributed by atoms with Gasteiger partial charge in [0.2, 0.25) is 0 Å². The van der Waals surface area contributed by atoms with Crippen molar-refractivity contribution in [1.82, 2.24) is 19.5 Å². The standard InChI is InChI=1S/C16H12N2O3.C6H11N3/c1-21-12-5-2-10(3-6-12)13-9-17-8-11-4-7-14(16(19)20)18-15(11)13;7-2-1-4-9-5-3-8-6-9/h2-9H,1H3,(H,19,20);3,5-6H,1-2,4,7H2. The third-order valence-corrected chi connectivity index (χ3v) is 4.40. The number of imidazole rings is 1. The molecule has 0 aliphatic carbocycles. The first kappa shape index (κ1) is 20.9. The van der Waals surface area contributed by atoms with Gasteiger partial charge in [-0.1, -0.05) is 12.1 Å². The lowest BCUT2D eigenvalue weighted by Gasteiger charge is -2.07. The number of carboxylic acid groups (broad SMARTS) is 1. The molecule has 0 spiro atoms. The Labute approximate surface area is 174 Å². The number of hydrogen-bond donors (Lipinski definition) is 2. The van der Waals surface area contributed by atoms with Gasteiger partial charge in [-0.25, -0.2) is 14.8 Å². The van der Waals surface area contributed by atoms with Crippen molar-refractivity contribution >= 4 is 16.9 Å². The number of aromatic carboxylic acids is 1. The molecule has 0 aliphatic rings. The fraction of sp³-hybridized carbons (Fsp3) is 0.182. The molecule has 0 saturated heterocycles. The summed E-state index contributed by atoms with van der Waals surface area (Å²) >= 11 is 0. The number of aryl methyl sites for hydroxylation is 1. The Kier molecular flexibility index (Phi) is 7.07. The summed E-state index contributed by atoms with van der Waals surface area (Å²) in [5.74, 6) is -0.291. The summed E-state index contributed by atoms with van der Waals surface area (Å²) in [6, 6.07) is 10.7. The molecule has 8 heteroatoms. The zero-order valence-corrected chi connectivity index (χ0v) is 16.6. The number of nitrogens with two attached hydrogens (primary N) is 1. The van der Waals surface area contributed by atoms with Gasteiger partial charge < -0.3 is 20.1 Å². The molecule has 8 nitrogen and oxygen atoms in total. The lowest BCUT2D eigenvalue weighted by atomic mass is 10.0. The highest BCUT2D eigenvalue weighted by Gasteiger charge is 2.10. The third kappa shape index (κ3) is 5.18. The summed E-state index contributed by atoms with van der Waals surface area (Å²) in [5.41, 5.74) is 7.65. The maximum Gasteiger partial charge on any atom is 0.354 e. The SMILES string of the molecule is COc1ccc(-c2cncc3ccc(C(=O)O)nc23)cc1.NCCCn1ccnc1. The van der Waals surface area contributed by atoms with E-state index in [9.17, 15) is 4.79 Å². The Bertz CT molecular complexity index is 1100. The Morgan fingerprint density at radius 1 is 1.13 bits per heavy atom. The fourth-order valence-electron chi connectivity index (χ4n) is 2.84. The number of fused-ring (bicyclic) bond motifs is 1. The highest BCUT2D eigenvalue weighted by atomic mass is 16.5. The van der Waals surface area contributed by atoms with Crippen molar-refractivity contribution in [2.24, 2.45) is 5.73 Å². The van der Waals surface area contributed by atoms with Crippen molar-refractivity contribution < 1.29 is 14.6 Å². The van der Waals surface area contributed by atoms with E-state index in [-0.39, 0.29) is 5.69 Å². The smallest absolute Gasteiger partial charge is 0.354 e. The van der Waals surface area contributed by atoms with Crippen LogP contribution in [0.15, 0.2) is 67.5 Å². The number of ether oxygens (including phenoxy) is 1. The number of benzene rings is 1. The number of nitrogens with zero attached hydrogens (tertiary/aromatic N) is 4. The van der Waals surface area contributed by atoms with Crippen LogP contribution in [0.1, 0.15) is 16.9 Å². The molecule has 3 N–H and O–H groups in total. The number of aromatic nitrogens is 4. The van der Waals surface area contributed by atoms with Crippen molar-refractivity contribution in [1.29, 1.82) is 0 Å². The van der Waals surface area contributed by atoms with Crippen LogP contribution < -0.4 is 10.5 Å². The maximum atomic E-state index is 11.1. The van der Waals surface area contributed by atoms with E-state index in [0.29, 0.717) is 5.52 Å². The van der Waals surface area contributed by atoms with Gasteiger partial charge in [-0.15, -0.1) is 0 Å². The van der Waals surface area contributed by atoms with Crippen molar-refractivity contribution in [3.63, 3.8) is 0 Å². The monoisotopic (exact) mass is 405 g/mol. The van der Waals surface area contributed by atoms with Crippen molar-refractivity contribution in [2.75, 3.05) is 13.7 Å². The van der Waals surface area contributed by atoms with E-state index in [1.165, 1.54) is 6.07 Å². The summed E-state index contributed by atoms with van der Waals surface area (Å²) in [4.78, 5) is 23.4. The zero-order valence-electron chi connectivity index (χ0n) is 16.6. The van der Waals surface area contributed by atoms with E-state index in [1.807, 2.05) is 35.0 Å².